The van der Waals surface area contributed by atoms with Crippen LogP contribution in [0.4, 0.5) is 0 Å². The summed E-state index contributed by atoms with van der Waals surface area (Å²) in [7, 11) is 0. The van der Waals surface area contributed by atoms with Gasteiger partial charge in [-0.2, -0.15) is 0 Å². The summed E-state index contributed by atoms with van der Waals surface area (Å²) in [6.45, 7) is 9.03. The summed E-state index contributed by atoms with van der Waals surface area (Å²) in [5, 5.41) is 4.04. The van der Waals surface area contributed by atoms with Gasteiger partial charge in [0.25, 0.3) is 0 Å². The van der Waals surface area contributed by atoms with Gasteiger partial charge in [-0.3, -0.25) is 0 Å². The van der Waals surface area contributed by atoms with Gasteiger partial charge in [-0.05, 0) is 43.5 Å². The molecule has 0 saturated carbocycles. The molecule has 0 aliphatic heterocycles. The third-order valence-corrected chi connectivity index (χ3v) is 2.82. The molecular formula is C14H22ClNO. The predicted octanol–water partition coefficient (Wildman–Crippen LogP) is 3.66. The van der Waals surface area contributed by atoms with Crippen molar-refractivity contribution in [3.8, 4) is 5.75 Å². The molecule has 0 spiro atoms. The van der Waals surface area contributed by atoms with Crippen molar-refractivity contribution in [3.05, 3.63) is 28.8 Å². The molecule has 0 amide bonds. The molecule has 0 aromatic heterocycles. The highest BCUT2D eigenvalue weighted by atomic mass is 35.5. The molecule has 0 unspecified atom stereocenters. The smallest absolute Gasteiger partial charge is 0.137 e. The Morgan fingerprint density at radius 2 is 2.06 bits per heavy atom. The van der Waals surface area contributed by atoms with E-state index in [1.165, 1.54) is 6.42 Å². The van der Waals surface area contributed by atoms with Crippen LogP contribution in [0.15, 0.2) is 18.2 Å². The van der Waals surface area contributed by atoms with Gasteiger partial charge in [-0.25, -0.2) is 0 Å². The standard InChI is InChI=1S/C14H22ClNO/c1-11(2)6-7-16-8-9-17-14-5-4-12(3)10-13(14)15/h4-5,10-11,16H,6-9H2,1-3H3. The molecule has 0 bridgehead atoms. The first-order chi connectivity index (χ1) is 8.09. The monoisotopic (exact) mass is 255 g/mol. The molecule has 1 aromatic carbocycles. The summed E-state index contributed by atoms with van der Waals surface area (Å²) in [6.07, 6.45) is 1.20. The molecule has 3 heteroatoms. The second-order valence-corrected chi connectivity index (χ2v) is 5.12. The minimum absolute atomic E-state index is 0.654. The largest absolute Gasteiger partial charge is 0.491 e. The predicted molar refractivity (Wildman–Crippen MR) is 74.0 cm³/mol. The molecule has 1 N–H and O–H groups in total. The number of benzene rings is 1. The molecule has 2 nitrogen and oxygen atoms in total. The van der Waals surface area contributed by atoms with Gasteiger partial charge in [-0.1, -0.05) is 31.5 Å². The van der Waals surface area contributed by atoms with E-state index in [0.29, 0.717) is 11.6 Å². The first-order valence-electron chi connectivity index (χ1n) is 6.19. The highest BCUT2D eigenvalue weighted by molar-refractivity contribution is 6.32. The van der Waals surface area contributed by atoms with Gasteiger partial charge in [0.15, 0.2) is 0 Å². The van der Waals surface area contributed by atoms with Crippen LogP contribution < -0.4 is 10.1 Å². The molecule has 0 radical (unpaired) electrons. The van der Waals surface area contributed by atoms with E-state index in [-0.39, 0.29) is 0 Å². The van der Waals surface area contributed by atoms with Gasteiger partial charge in [0.2, 0.25) is 0 Å². The zero-order chi connectivity index (χ0) is 12.7. The maximum atomic E-state index is 6.07. The first kappa shape index (κ1) is 14.3. The lowest BCUT2D eigenvalue weighted by Crippen LogP contribution is -2.23. The highest BCUT2D eigenvalue weighted by Gasteiger charge is 2.00. The Morgan fingerprint density at radius 3 is 2.71 bits per heavy atom. The summed E-state index contributed by atoms with van der Waals surface area (Å²) in [5.74, 6) is 1.51. The average Bonchev–Trinajstić information content (AvgIpc) is 2.25. The van der Waals surface area contributed by atoms with Crippen molar-refractivity contribution in [2.24, 2.45) is 5.92 Å². The molecule has 0 saturated heterocycles. The molecule has 0 aliphatic carbocycles. The average molecular weight is 256 g/mol. The molecule has 1 aromatic rings. The van der Waals surface area contributed by atoms with Gasteiger partial charge < -0.3 is 10.1 Å². The van der Waals surface area contributed by atoms with Crippen LogP contribution in [0.25, 0.3) is 0 Å². The Kier molecular flexibility index (Phi) is 6.38. The van der Waals surface area contributed by atoms with Crippen molar-refractivity contribution >= 4 is 11.6 Å². The summed E-state index contributed by atoms with van der Waals surface area (Å²) in [4.78, 5) is 0. The topological polar surface area (TPSA) is 21.3 Å². The van der Waals surface area contributed by atoms with Crippen molar-refractivity contribution in [1.29, 1.82) is 0 Å². The fraction of sp³-hybridized carbons (Fsp3) is 0.571. The maximum absolute atomic E-state index is 6.07. The number of ether oxygens (including phenoxy) is 1. The molecule has 0 fully saturated rings. The van der Waals surface area contributed by atoms with Crippen LogP contribution in [0.5, 0.6) is 5.75 Å². The number of hydrogen-bond acceptors (Lipinski definition) is 2. The van der Waals surface area contributed by atoms with Crippen LogP contribution in [0, 0.1) is 12.8 Å². The molecule has 17 heavy (non-hydrogen) atoms. The van der Waals surface area contributed by atoms with Crippen LogP contribution in [-0.2, 0) is 0 Å². The van der Waals surface area contributed by atoms with E-state index in [1.54, 1.807) is 0 Å². The minimum atomic E-state index is 0.654. The van der Waals surface area contributed by atoms with Gasteiger partial charge >= 0.3 is 0 Å². The van der Waals surface area contributed by atoms with E-state index < -0.39 is 0 Å². The molecule has 0 heterocycles. The fourth-order valence-electron chi connectivity index (χ4n) is 1.47. The molecule has 0 aliphatic rings. The summed E-state index contributed by atoms with van der Waals surface area (Å²) < 4.78 is 5.60. The van der Waals surface area contributed by atoms with Crippen LogP contribution in [0.2, 0.25) is 5.02 Å². The quantitative estimate of drug-likeness (QED) is 0.751. The Bertz CT molecular complexity index is 339. The van der Waals surface area contributed by atoms with Crippen molar-refractivity contribution in [2.75, 3.05) is 19.7 Å². The SMILES string of the molecule is Cc1ccc(OCCNCCC(C)C)c(Cl)c1. The highest BCUT2D eigenvalue weighted by Crippen LogP contribution is 2.24. The molecule has 0 atom stereocenters. The van der Waals surface area contributed by atoms with Crippen molar-refractivity contribution in [2.45, 2.75) is 27.2 Å². The lowest BCUT2D eigenvalue weighted by atomic mass is 10.1. The van der Waals surface area contributed by atoms with E-state index in [1.807, 2.05) is 25.1 Å². The zero-order valence-electron chi connectivity index (χ0n) is 10.9. The third-order valence-electron chi connectivity index (χ3n) is 2.52. The van der Waals surface area contributed by atoms with Crippen LogP contribution in [0.3, 0.4) is 0 Å². The van der Waals surface area contributed by atoms with Crippen LogP contribution in [0.1, 0.15) is 25.8 Å². The summed E-state index contributed by atoms with van der Waals surface area (Å²) >= 11 is 6.07. The second kappa shape index (κ2) is 7.57. The van der Waals surface area contributed by atoms with Gasteiger partial charge in [0, 0.05) is 6.54 Å². The molecule has 1 rings (SSSR count). The number of nitrogens with one attached hydrogen (secondary N) is 1. The fourth-order valence-corrected chi connectivity index (χ4v) is 1.76. The number of halogens is 1. The number of rotatable bonds is 7. The Morgan fingerprint density at radius 1 is 1.29 bits per heavy atom. The van der Waals surface area contributed by atoms with Crippen LogP contribution >= 0.6 is 11.6 Å². The molecular weight excluding hydrogens is 234 g/mol. The van der Waals surface area contributed by atoms with Gasteiger partial charge in [0.05, 0.1) is 5.02 Å². The lowest BCUT2D eigenvalue weighted by molar-refractivity contribution is 0.312. The normalized spacial score (nSPS) is 10.9. The second-order valence-electron chi connectivity index (χ2n) is 4.71. The van der Waals surface area contributed by atoms with E-state index in [2.05, 4.69) is 19.2 Å². The minimum Gasteiger partial charge on any atom is -0.491 e. The van der Waals surface area contributed by atoms with Gasteiger partial charge in [-0.15, -0.1) is 0 Å². The lowest BCUT2D eigenvalue weighted by Gasteiger charge is -2.10. The van der Waals surface area contributed by atoms with Crippen molar-refractivity contribution in [1.82, 2.24) is 5.32 Å². The zero-order valence-corrected chi connectivity index (χ0v) is 11.7. The summed E-state index contributed by atoms with van der Waals surface area (Å²) in [6, 6.07) is 5.85. The van der Waals surface area contributed by atoms with Crippen molar-refractivity contribution in [3.63, 3.8) is 0 Å². The Labute approximate surface area is 109 Å². The molecule has 96 valence electrons. The number of hydrogen-bond donors (Lipinski definition) is 1. The third kappa shape index (κ3) is 5.94. The van der Waals surface area contributed by atoms with E-state index >= 15 is 0 Å². The van der Waals surface area contributed by atoms with Crippen molar-refractivity contribution < 1.29 is 4.74 Å². The summed E-state index contributed by atoms with van der Waals surface area (Å²) in [5.41, 5.74) is 1.15. The Hall–Kier alpha value is -0.730. The van der Waals surface area contributed by atoms with E-state index in [4.69, 9.17) is 16.3 Å². The van der Waals surface area contributed by atoms with Crippen LogP contribution in [-0.4, -0.2) is 19.7 Å². The number of aryl methyl sites for hydroxylation is 1. The van der Waals surface area contributed by atoms with Gasteiger partial charge in [0.1, 0.15) is 12.4 Å². The van der Waals surface area contributed by atoms with E-state index in [9.17, 15) is 0 Å². The van der Waals surface area contributed by atoms with E-state index in [0.717, 1.165) is 30.3 Å². The maximum Gasteiger partial charge on any atom is 0.137 e. The Balaban J connectivity index is 2.18. The first-order valence-corrected chi connectivity index (χ1v) is 6.57.